The van der Waals surface area contributed by atoms with Crippen LogP contribution in [0, 0.1) is 5.82 Å². The van der Waals surface area contributed by atoms with Crippen molar-refractivity contribution < 1.29 is 19.1 Å². The van der Waals surface area contributed by atoms with E-state index in [-0.39, 0.29) is 18.1 Å². The molecule has 0 amide bonds. The molecule has 198 valence electrons. The number of aromatic nitrogens is 2. The minimum atomic E-state index is -0.872. The number of fused-ring (bicyclic) bond motifs is 1. The summed E-state index contributed by atoms with van der Waals surface area (Å²) in [6.45, 7) is 4.08. The molecule has 0 aliphatic carbocycles. The smallest absolute Gasteiger partial charge is 0.303 e. The van der Waals surface area contributed by atoms with Crippen LogP contribution in [0.5, 0.6) is 0 Å². The van der Waals surface area contributed by atoms with Gasteiger partial charge in [0, 0.05) is 30.4 Å². The fraction of sp³-hybridized carbons (Fsp3) is 0.233. The van der Waals surface area contributed by atoms with Crippen LogP contribution in [0.15, 0.2) is 81.7 Å². The zero-order chi connectivity index (χ0) is 27.4. The second-order valence-electron chi connectivity index (χ2n) is 9.39. The first-order valence-corrected chi connectivity index (χ1v) is 12.7. The molecule has 0 spiro atoms. The Hall–Kier alpha value is -4.66. The van der Waals surface area contributed by atoms with Crippen molar-refractivity contribution in [1.29, 1.82) is 0 Å². The van der Waals surface area contributed by atoms with Crippen LogP contribution in [0.3, 0.4) is 0 Å². The zero-order valence-electron chi connectivity index (χ0n) is 21.2. The average molecular weight is 527 g/mol. The lowest BCUT2D eigenvalue weighted by Gasteiger charge is -2.14. The second kappa shape index (κ2) is 11.4. The minimum Gasteiger partial charge on any atom is -0.481 e. The molecule has 1 aliphatic heterocycles. The molecule has 1 N–H and O–H groups in total. The molecule has 1 atom stereocenters. The van der Waals surface area contributed by atoms with Crippen molar-refractivity contribution in [2.24, 2.45) is 10.1 Å². The summed E-state index contributed by atoms with van der Waals surface area (Å²) in [6.07, 6.45) is 1.70. The average Bonchev–Trinajstić information content (AvgIpc) is 3.42. The van der Waals surface area contributed by atoms with Gasteiger partial charge in [0.1, 0.15) is 11.6 Å². The van der Waals surface area contributed by atoms with Crippen molar-refractivity contribution in [3.63, 3.8) is 0 Å². The van der Waals surface area contributed by atoms with E-state index < -0.39 is 11.8 Å². The maximum absolute atomic E-state index is 13.6. The zero-order valence-corrected chi connectivity index (χ0v) is 21.2. The fourth-order valence-electron chi connectivity index (χ4n) is 4.82. The van der Waals surface area contributed by atoms with Gasteiger partial charge in [0.05, 0.1) is 28.8 Å². The summed E-state index contributed by atoms with van der Waals surface area (Å²) >= 11 is 0. The van der Waals surface area contributed by atoms with Crippen molar-refractivity contribution in [2.45, 2.75) is 44.8 Å². The Bertz CT molecular complexity index is 1630. The van der Waals surface area contributed by atoms with E-state index in [1.165, 1.54) is 28.8 Å². The number of oxime groups is 1. The standard InChI is InChI=1S/C30H27FN4O4/c1-32-18-20-6-2-3-7-23(20)27-17-25(34-39-27)19-10-15-24-26(16-19)33-28(8-4-5-9-29(36)37)35(30(24)38)22-13-11-21(31)12-14-22/h2-3,6-7,10-16,27H,1,4-5,8-9,17-18H2,(H,36,37). The van der Waals surface area contributed by atoms with E-state index in [0.717, 1.165) is 22.4 Å². The summed E-state index contributed by atoms with van der Waals surface area (Å²) in [6, 6.07) is 18.9. The first kappa shape index (κ1) is 26.0. The number of hydrogen-bond acceptors (Lipinski definition) is 6. The van der Waals surface area contributed by atoms with Gasteiger partial charge < -0.3 is 9.94 Å². The van der Waals surface area contributed by atoms with Crippen molar-refractivity contribution in [3.05, 3.63) is 105 Å². The van der Waals surface area contributed by atoms with Crippen molar-refractivity contribution in [1.82, 2.24) is 9.55 Å². The Morgan fingerprint density at radius 2 is 1.92 bits per heavy atom. The number of aliphatic carboxylic acids is 1. The third kappa shape index (κ3) is 5.62. The molecule has 9 heteroatoms. The lowest BCUT2D eigenvalue weighted by Crippen LogP contribution is -2.24. The predicted octanol–water partition coefficient (Wildman–Crippen LogP) is 5.39. The highest BCUT2D eigenvalue weighted by atomic mass is 19.1. The van der Waals surface area contributed by atoms with E-state index in [2.05, 4.69) is 16.9 Å². The first-order valence-electron chi connectivity index (χ1n) is 12.7. The highest BCUT2D eigenvalue weighted by Gasteiger charge is 2.26. The van der Waals surface area contributed by atoms with Crippen LogP contribution in [-0.4, -0.2) is 33.1 Å². The molecule has 0 saturated heterocycles. The molecule has 5 rings (SSSR count). The van der Waals surface area contributed by atoms with Gasteiger partial charge in [-0.1, -0.05) is 35.5 Å². The van der Waals surface area contributed by atoms with Crippen LogP contribution in [-0.2, 0) is 22.6 Å². The maximum Gasteiger partial charge on any atom is 0.303 e. The molecule has 1 aliphatic rings. The Morgan fingerprint density at radius 1 is 1.13 bits per heavy atom. The molecule has 0 radical (unpaired) electrons. The van der Waals surface area contributed by atoms with Crippen LogP contribution in [0.25, 0.3) is 16.6 Å². The Kier molecular flexibility index (Phi) is 7.58. The van der Waals surface area contributed by atoms with E-state index in [9.17, 15) is 14.0 Å². The number of benzene rings is 3. The number of nitrogens with zero attached hydrogens (tertiary/aromatic N) is 4. The summed E-state index contributed by atoms with van der Waals surface area (Å²) in [7, 11) is 0. The van der Waals surface area contributed by atoms with Gasteiger partial charge in [-0.25, -0.2) is 9.37 Å². The molecule has 1 unspecified atom stereocenters. The van der Waals surface area contributed by atoms with Gasteiger partial charge in [-0.3, -0.25) is 19.1 Å². The number of unbranched alkanes of at least 4 members (excludes halogenated alkanes) is 1. The Labute approximate surface area is 224 Å². The topological polar surface area (TPSA) is 106 Å². The summed E-state index contributed by atoms with van der Waals surface area (Å²) in [5.41, 5.74) is 4.31. The number of aryl methyl sites for hydroxylation is 1. The number of aliphatic imine (C=N–C) groups is 1. The SMILES string of the molecule is C=NCc1ccccc1C1CC(c2ccc3c(=O)n(-c4ccc(F)cc4)c(CCCCC(=O)O)nc3c2)=NO1. The van der Waals surface area contributed by atoms with E-state index in [1.54, 1.807) is 6.07 Å². The largest absolute Gasteiger partial charge is 0.481 e. The number of rotatable bonds is 10. The van der Waals surface area contributed by atoms with Crippen LogP contribution in [0.2, 0.25) is 0 Å². The van der Waals surface area contributed by atoms with Crippen LogP contribution >= 0.6 is 0 Å². The molecule has 0 fully saturated rings. The van der Waals surface area contributed by atoms with Crippen LogP contribution < -0.4 is 5.56 Å². The number of carboxylic acid groups (broad SMARTS) is 1. The second-order valence-corrected chi connectivity index (χ2v) is 9.39. The molecule has 3 aromatic carbocycles. The van der Waals surface area contributed by atoms with E-state index >= 15 is 0 Å². The maximum atomic E-state index is 13.6. The lowest BCUT2D eigenvalue weighted by atomic mass is 9.96. The monoisotopic (exact) mass is 526 g/mol. The molecule has 1 aromatic heterocycles. The molecular formula is C30H27FN4O4. The molecule has 2 heterocycles. The van der Waals surface area contributed by atoms with Crippen molar-refractivity contribution >= 4 is 29.3 Å². The van der Waals surface area contributed by atoms with Gasteiger partial charge in [-0.05, 0) is 61.5 Å². The fourth-order valence-corrected chi connectivity index (χ4v) is 4.82. The summed E-state index contributed by atoms with van der Waals surface area (Å²) < 4.78 is 15.1. The van der Waals surface area contributed by atoms with E-state index in [0.29, 0.717) is 54.6 Å². The van der Waals surface area contributed by atoms with Crippen molar-refractivity contribution in [2.75, 3.05) is 0 Å². The molecule has 0 saturated carbocycles. The summed E-state index contributed by atoms with van der Waals surface area (Å²) in [5, 5.41) is 13.7. The van der Waals surface area contributed by atoms with Crippen LogP contribution in [0.1, 0.15) is 54.3 Å². The van der Waals surface area contributed by atoms with Gasteiger partial charge in [-0.15, -0.1) is 0 Å². The molecule has 4 aromatic rings. The number of carboxylic acids is 1. The van der Waals surface area contributed by atoms with Gasteiger partial charge >= 0.3 is 5.97 Å². The van der Waals surface area contributed by atoms with E-state index in [1.807, 2.05) is 36.4 Å². The summed E-state index contributed by atoms with van der Waals surface area (Å²) in [5.74, 6) is -0.798. The van der Waals surface area contributed by atoms with E-state index in [4.69, 9.17) is 14.9 Å². The molecule has 0 bridgehead atoms. The van der Waals surface area contributed by atoms with Gasteiger partial charge in [0.15, 0.2) is 6.10 Å². The Balaban J connectivity index is 1.48. The van der Waals surface area contributed by atoms with Gasteiger partial charge in [-0.2, -0.15) is 0 Å². The lowest BCUT2D eigenvalue weighted by molar-refractivity contribution is -0.137. The predicted molar refractivity (Wildman–Crippen MR) is 147 cm³/mol. The van der Waals surface area contributed by atoms with Crippen LogP contribution in [0.4, 0.5) is 4.39 Å². The molecule has 8 nitrogen and oxygen atoms in total. The molecular weight excluding hydrogens is 499 g/mol. The summed E-state index contributed by atoms with van der Waals surface area (Å²) in [4.78, 5) is 39.2. The first-order chi connectivity index (χ1) is 18.9. The van der Waals surface area contributed by atoms with Crippen molar-refractivity contribution in [3.8, 4) is 5.69 Å². The highest BCUT2D eigenvalue weighted by Crippen LogP contribution is 2.32. The number of halogens is 1. The minimum absolute atomic E-state index is 0.0332. The molecule has 39 heavy (non-hydrogen) atoms. The Morgan fingerprint density at radius 3 is 2.69 bits per heavy atom. The normalized spacial score (nSPS) is 14.7. The third-order valence-electron chi connectivity index (χ3n) is 6.75. The van der Waals surface area contributed by atoms with Gasteiger partial charge in [0.25, 0.3) is 5.56 Å². The number of carbonyl (C=O) groups is 1. The third-order valence-corrected chi connectivity index (χ3v) is 6.75. The number of hydrogen-bond donors (Lipinski definition) is 1. The quantitative estimate of drug-likeness (QED) is 0.220. The van der Waals surface area contributed by atoms with Gasteiger partial charge in [0.2, 0.25) is 0 Å². The highest BCUT2D eigenvalue weighted by molar-refractivity contribution is 6.03.